The van der Waals surface area contributed by atoms with Crippen LogP contribution in [-0.4, -0.2) is 32.1 Å². The van der Waals surface area contributed by atoms with Gasteiger partial charge in [-0.15, -0.1) is 0 Å². The molecule has 6 nitrogen and oxygen atoms in total. The molecule has 0 radical (unpaired) electrons. The van der Waals surface area contributed by atoms with Crippen LogP contribution in [0.2, 0.25) is 0 Å². The Morgan fingerprint density at radius 1 is 0.812 bits per heavy atom. The van der Waals surface area contributed by atoms with Crippen molar-refractivity contribution >= 4 is 17.8 Å². The molecule has 0 saturated carbocycles. The smallest absolute Gasteiger partial charge is 0.337 e. The highest BCUT2D eigenvalue weighted by molar-refractivity contribution is 5.96. The van der Waals surface area contributed by atoms with Gasteiger partial charge in [0.05, 0.1) is 31.4 Å². The molecule has 2 rings (SSSR count). The maximum absolute atomic E-state index is 13.1. The number of allylic oxidation sites excluding steroid dienone is 1. The van der Waals surface area contributed by atoms with E-state index in [0.717, 1.165) is 36.8 Å². The number of hydrogen-bond donors (Lipinski definition) is 1. The number of carbonyl (C=O) groups is 3. The standard InChI is InChI=1S/C26H31NO5/c1-5-7-9-18(8-6-2)23(19-10-14-21(15-11-19)25(29)31-3)27-24(28)20-12-16-22(17-13-20)26(30)32-4/h9-17,23H,5-8H2,1-4H3,(H,27,28)/t23-/m1/s1. The molecule has 0 aliphatic heterocycles. The molecular weight excluding hydrogens is 406 g/mol. The Morgan fingerprint density at radius 3 is 1.78 bits per heavy atom. The quantitative estimate of drug-likeness (QED) is 0.405. The highest BCUT2D eigenvalue weighted by Gasteiger charge is 2.20. The summed E-state index contributed by atoms with van der Waals surface area (Å²) in [6, 6.07) is 13.1. The number of amides is 1. The van der Waals surface area contributed by atoms with E-state index in [4.69, 9.17) is 9.47 Å². The van der Waals surface area contributed by atoms with Gasteiger partial charge in [-0.25, -0.2) is 9.59 Å². The third-order valence-electron chi connectivity index (χ3n) is 5.11. The molecule has 0 spiro atoms. The Hall–Kier alpha value is -3.41. The molecule has 1 N–H and O–H groups in total. The maximum atomic E-state index is 13.1. The van der Waals surface area contributed by atoms with Crippen LogP contribution in [-0.2, 0) is 9.47 Å². The number of benzene rings is 2. The van der Waals surface area contributed by atoms with Gasteiger partial charge in [0, 0.05) is 5.56 Å². The minimum absolute atomic E-state index is 0.248. The van der Waals surface area contributed by atoms with Crippen LogP contribution in [0.15, 0.2) is 60.2 Å². The van der Waals surface area contributed by atoms with Gasteiger partial charge in [-0.05, 0) is 60.4 Å². The number of nitrogens with one attached hydrogen (secondary N) is 1. The molecule has 0 fully saturated rings. The normalized spacial score (nSPS) is 12.1. The van der Waals surface area contributed by atoms with E-state index in [9.17, 15) is 14.4 Å². The van der Waals surface area contributed by atoms with Gasteiger partial charge in [0.25, 0.3) is 5.91 Å². The van der Waals surface area contributed by atoms with Crippen molar-refractivity contribution in [1.29, 1.82) is 0 Å². The Bertz CT molecular complexity index is 945. The SMILES string of the molecule is CCCC=C(CCC)[C@@H](NC(=O)c1ccc(C(=O)OC)cc1)c1ccc(C(=O)OC)cc1. The molecule has 0 saturated heterocycles. The van der Waals surface area contributed by atoms with Crippen LogP contribution in [0.3, 0.4) is 0 Å². The van der Waals surface area contributed by atoms with Crippen molar-refractivity contribution in [2.75, 3.05) is 14.2 Å². The second kappa shape index (κ2) is 12.4. The molecule has 2 aromatic rings. The molecule has 32 heavy (non-hydrogen) atoms. The van der Waals surface area contributed by atoms with Crippen LogP contribution in [0, 0.1) is 0 Å². The van der Waals surface area contributed by atoms with Crippen molar-refractivity contribution in [1.82, 2.24) is 5.32 Å². The molecule has 0 aliphatic rings. The first-order chi connectivity index (χ1) is 15.4. The predicted octanol–water partition coefficient (Wildman–Crippen LogP) is 5.26. The first-order valence-corrected chi connectivity index (χ1v) is 10.8. The lowest BCUT2D eigenvalue weighted by Crippen LogP contribution is -2.30. The first-order valence-electron chi connectivity index (χ1n) is 10.8. The van der Waals surface area contributed by atoms with Gasteiger partial charge >= 0.3 is 11.9 Å². The Kier molecular flexibility index (Phi) is 9.67. The summed E-state index contributed by atoms with van der Waals surface area (Å²) in [6.45, 7) is 4.21. The molecular formula is C26H31NO5. The lowest BCUT2D eigenvalue weighted by Gasteiger charge is -2.23. The fourth-order valence-corrected chi connectivity index (χ4v) is 3.39. The van der Waals surface area contributed by atoms with E-state index in [-0.39, 0.29) is 11.9 Å². The van der Waals surface area contributed by atoms with E-state index in [1.54, 1.807) is 36.4 Å². The van der Waals surface area contributed by atoms with Crippen LogP contribution in [0.25, 0.3) is 0 Å². The number of hydrogen-bond acceptors (Lipinski definition) is 5. The van der Waals surface area contributed by atoms with Gasteiger partial charge in [-0.3, -0.25) is 4.79 Å². The second-order valence-corrected chi connectivity index (χ2v) is 7.41. The minimum Gasteiger partial charge on any atom is -0.465 e. The molecule has 0 bridgehead atoms. The maximum Gasteiger partial charge on any atom is 0.337 e. The Labute approximate surface area is 189 Å². The molecule has 1 atom stereocenters. The van der Waals surface area contributed by atoms with Crippen LogP contribution < -0.4 is 5.32 Å². The minimum atomic E-state index is -0.451. The summed E-state index contributed by atoms with van der Waals surface area (Å²) < 4.78 is 9.49. The third-order valence-corrected chi connectivity index (χ3v) is 5.11. The monoisotopic (exact) mass is 437 g/mol. The number of unbranched alkanes of at least 4 members (excludes halogenated alkanes) is 1. The molecule has 0 unspecified atom stereocenters. The van der Waals surface area contributed by atoms with Crippen LogP contribution in [0.4, 0.5) is 0 Å². The highest BCUT2D eigenvalue weighted by Crippen LogP contribution is 2.27. The van der Waals surface area contributed by atoms with Crippen LogP contribution >= 0.6 is 0 Å². The summed E-state index contributed by atoms with van der Waals surface area (Å²) in [5, 5.41) is 3.13. The largest absolute Gasteiger partial charge is 0.465 e. The van der Waals surface area contributed by atoms with Gasteiger partial charge in [-0.2, -0.15) is 0 Å². The average Bonchev–Trinajstić information content (AvgIpc) is 2.84. The van der Waals surface area contributed by atoms with Crippen LogP contribution in [0.5, 0.6) is 0 Å². The van der Waals surface area contributed by atoms with Gasteiger partial charge in [0.2, 0.25) is 0 Å². The van der Waals surface area contributed by atoms with E-state index >= 15 is 0 Å². The summed E-state index contributed by atoms with van der Waals surface area (Å²) in [7, 11) is 2.66. The molecule has 1 amide bonds. The lowest BCUT2D eigenvalue weighted by atomic mass is 9.93. The number of rotatable bonds is 10. The zero-order valence-electron chi connectivity index (χ0n) is 19.1. The number of ether oxygens (including phenoxy) is 2. The molecule has 170 valence electrons. The van der Waals surface area contributed by atoms with Crippen molar-refractivity contribution < 1.29 is 23.9 Å². The molecule has 0 heterocycles. The fraction of sp³-hybridized carbons (Fsp3) is 0.346. The summed E-state index contributed by atoms with van der Waals surface area (Å²) in [5.74, 6) is -1.10. The molecule has 2 aromatic carbocycles. The second-order valence-electron chi connectivity index (χ2n) is 7.41. The number of methoxy groups -OCH3 is 2. The average molecular weight is 438 g/mol. The molecule has 0 aromatic heterocycles. The zero-order chi connectivity index (χ0) is 23.5. The van der Waals surface area contributed by atoms with E-state index in [0.29, 0.717) is 16.7 Å². The molecule has 0 aliphatic carbocycles. The van der Waals surface area contributed by atoms with Crippen molar-refractivity contribution in [3.63, 3.8) is 0 Å². The predicted molar refractivity (Wildman–Crippen MR) is 124 cm³/mol. The highest BCUT2D eigenvalue weighted by atomic mass is 16.5. The topological polar surface area (TPSA) is 81.7 Å². The number of carbonyl (C=O) groups excluding carboxylic acids is 3. The van der Waals surface area contributed by atoms with Crippen molar-refractivity contribution in [2.45, 2.75) is 45.6 Å². The Balaban J connectivity index is 2.36. The van der Waals surface area contributed by atoms with E-state index in [1.165, 1.54) is 14.2 Å². The molecule has 6 heteroatoms. The van der Waals surface area contributed by atoms with Crippen molar-refractivity contribution in [3.8, 4) is 0 Å². The van der Waals surface area contributed by atoms with Gasteiger partial charge in [0.1, 0.15) is 0 Å². The van der Waals surface area contributed by atoms with E-state index < -0.39 is 11.9 Å². The van der Waals surface area contributed by atoms with Crippen molar-refractivity contribution in [3.05, 3.63) is 82.4 Å². The first kappa shape index (κ1) is 24.9. The third kappa shape index (κ3) is 6.54. The van der Waals surface area contributed by atoms with E-state index in [1.807, 2.05) is 12.1 Å². The fourth-order valence-electron chi connectivity index (χ4n) is 3.39. The summed E-state index contributed by atoms with van der Waals surface area (Å²) in [6.07, 6.45) is 5.88. The van der Waals surface area contributed by atoms with Gasteiger partial charge in [0.15, 0.2) is 0 Å². The van der Waals surface area contributed by atoms with Crippen LogP contribution in [0.1, 0.15) is 82.2 Å². The zero-order valence-corrected chi connectivity index (χ0v) is 19.1. The summed E-state index contributed by atoms with van der Waals surface area (Å²) in [5.41, 5.74) is 3.29. The number of esters is 2. The van der Waals surface area contributed by atoms with Crippen molar-refractivity contribution in [2.24, 2.45) is 0 Å². The van der Waals surface area contributed by atoms with Gasteiger partial charge < -0.3 is 14.8 Å². The van der Waals surface area contributed by atoms with Gasteiger partial charge in [-0.1, -0.05) is 44.9 Å². The van der Waals surface area contributed by atoms with E-state index in [2.05, 4.69) is 25.2 Å². The Morgan fingerprint density at radius 2 is 1.31 bits per heavy atom. The summed E-state index contributed by atoms with van der Waals surface area (Å²) in [4.78, 5) is 36.5. The lowest BCUT2D eigenvalue weighted by molar-refractivity contribution is 0.0592. The summed E-state index contributed by atoms with van der Waals surface area (Å²) >= 11 is 0.